The van der Waals surface area contributed by atoms with Crippen LogP contribution in [0, 0.1) is 0 Å². The minimum absolute atomic E-state index is 0.0365. The molecule has 3 aromatic rings. The predicted molar refractivity (Wildman–Crippen MR) is 125 cm³/mol. The quantitative estimate of drug-likeness (QED) is 0.182. The number of rotatable bonds is 7. The number of aromatic hydroxyl groups is 1. The Bertz CT molecular complexity index is 1650. The van der Waals surface area contributed by atoms with Crippen molar-refractivity contribution in [1.29, 1.82) is 0 Å². The predicted octanol–water partition coefficient (Wildman–Crippen LogP) is 0.811. The number of carboxylic acids is 1. The van der Waals surface area contributed by atoms with E-state index in [-0.39, 0.29) is 22.1 Å². The fourth-order valence-corrected chi connectivity index (χ4v) is 4.42. The van der Waals surface area contributed by atoms with E-state index in [1.54, 1.807) is 0 Å². The number of carboxylic acid groups (broad SMARTS) is 1. The van der Waals surface area contributed by atoms with Gasteiger partial charge >= 0.3 is 5.97 Å². The molecule has 0 fully saturated rings. The number of hydrazine groups is 1. The van der Waals surface area contributed by atoms with Gasteiger partial charge in [0.1, 0.15) is 5.75 Å². The number of aliphatic carboxylic acids is 1. The van der Waals surface area contributed by atoms with E-state index in [1.807, 2.05) is 0 Å². The summed E-state index contributed by atoms with van der Waals surface area (Å²) in [7, 11) is -9.08. The molecule has 36 heavy (non-hydrogen) atoms. The van der Waals surface area contributed by atoms with Gasteiger partial charge in [0.05, 0.1) is 15.5 Å². The Balaban J connectivity index is 1.59. The van der Waals surface area contributed by atoms with E-state index in [1.165, 1.54) is 18.2 Å². The Labute approximate surface area is 202 Å². The van der Waals surface area contributed by atoms with Crippen molar-refractivity contribution >= 4 is 60.0 Å². The third kappa shape index (κ3) is 4.83. The maximum atomic E-state index is 12.9. The highest BCUT2D eigenvalue weighted by Crippen LogP contribution is 2.30. The van der Waals surface area contributed by atoms with E-state index < -0.39 is 59.4 Å². The van der Waals surface area contributed by atoms with Crippen molar-refractivity contribution in [3.05, 3.63) is 54.6 Å². The zero-order valence-electron chi connectivity index (χ0n) is 17.7. The molecule has 4 rings (SSSR count). The first kappa shape index (κ1) is 25.0. The topological polar surface area (TPSA) is 223 Å². The lowest BCUT2D eigenvalue weighted by Crippen LogP contribution is -2.48. The maximum Gasteiger partial charge on any atom is 0.354 e. The van der Waals surface area contributed by atoms with Crippen LogP contribution >= 0.6 is 0 Å². The minimum Gasteiger partial charge on any atom is -0.507 e. The van der Waals surface area contributed by atoms with Gasteiger partial charge in [-0.25, -0.2) is 10.2 Å². The third-order valence-corrected chi connectivity index (χ3v) is 6.80. The molecule has 0 aliphatic carbocycles. The van der Waals surface area contributed by atoms with Crippen LogP contribution in [0.2, 0.25) is 0 Å². The molecule has 16 heteroatoms. The van der Waals surface area contributed by atoms with Crippen molar-refractivity contribution in [2.75, 3.05) is 10.4 Å². The summed E-state index contributed by atoms with van der Waals surface area (Å²) in [5, 5.41) is 24.5. The Morgan fingerprint density at radius 2 is 1.56 bits per heavy atom. The zero-order chi connectivity index (χ0) is 26.4. The van der Waals surface area contributed by atoms with Gasteiger partial charge in [0.2, 0.25) is 0 Å². The zero-order valence-corrected chi connectivity index (χ0v) is 19.4. The number of carbonyl (C=O) groups is 2. The highest BCUT2D eigenvalue weighted by atomic mass is 32.2. The maximum absolute atomic E-state index is 12.9. The van der Waals surface area contributed by atoms with Gasteiger partial charge in [-0.05, 0) is 53.9 Å². The van der Waals surface area contributed by atoms with Crippen molar-refractivity contribution in [3.8, 4) is 5.75 Å². The molecular weight excluding hydrogens is 520 g/mol. The van der Waals surface area contributed by atoms with E-state index >= 15 is 0 Å². The summed E-state index contributed by atoms with van der Waals surface area (Å²) in [5.41, 5.74) is 4.84. The molecular formula is C20H16N4O10S2. The van der Waals surface area contributed by atoms with Crippen LogP contribution in [-0.4, -0.2) is 59.8 Å². The molecule has 0 aromatic heterocycles. The molecule has 1 aliphatic heterocycles. The minimum atomic E-state index is -4.60. The molecule has 1 amide bonds. The summed E-state index contributed by atoms with van der Waals surface area (Å²) in [4.78, 5) is 23.6. The summed E-state index contributed by atoms with van der Waals surface area (Å²) in [5.74, 6) is -2.74. The van der Waals surface area contributed by atoms with Crippen molar-refractivity contribution in [2.45, 2.75) is 15.8 Å². The Morgan fingerprint density at radius 1 is 0.917 bits per heavy atom. The summed E-state index contributed by atoms with van der Waals surface area (Å²) in [6.45, 7) is 0. The summed E-state index contributed by atoms with van der Waals surface area (Å²) in [6.07, 6.45) is 0. The first-order valence-electron chi connectivity index (χ1n) is 9.75. The van der Waals surface area contributed by atoms with E-state index in [4.69, 9.17) is 4.55 Å². The molecule has 188 valence electrons. The molecule has 0 spiro atoms. The number of nitrogens with one attached hydrogen (secondary N) is 2. The first-order valence-corrected chi connectivity index (χ1v) is 12.6. The van der Waals surface area contributed by atoms with Crippen LogP contribution in [0.25, 0.3) is 10.8 Å². The van der Waals surface area contributed by atoms with Crippen molar-refractivity contribution in [2.24, 2.45) is 5.10 Å². The van der Waals surface area contributed by atoms with Gasteiger partial charge in [-0.15, -0.1) is 0 Å². The molecule has 3 aromatic carbocycles. The second kappa shape index (κ2) is 8.85. The smallest absolute Gasteiger partial charge is 0.354 e. The highest BCUT2D eigenvalue weighted by Gasteiger charge is 2.40. The average molecular weight is 537 g/mol. The van der Waals surface area contributed by atoms with Crippen LogP contribution in [0.15, 0.2) is 69.5 Å². The van der Waals surface area contributed by atoms with Crippen LogP contribution in [0.4, 0.5) is 11.4 Å². The number of amides is 1. The lowest BCUT2D eigenvalue weighted by Gasteiger charge is -2.17. The standard InChI is InChI=1S/C20H16N4O10S2/c25-16-9-14(36(32,33)34)8-10-7-11(1-6-15(10)16)21-22-17-18(20(27)28)23-24(19(17)26)12-2-4-13(5-3-12)35(29,30)31/h1-9,17,21-22,25H,(H,27,28)(H,29,30,31)(H,32,33,34). The Kier molecular flexibility index (Phi) is 6.15. The van der Waals surface area contributed by atoms with Gasteiger partial charge in [0.25, 0.3) is 26.1 Å². The number of hydrazone groups is 1. The number of phenolic OH excluding ortho intramolecular Hbond substituents is 1. The van der Waals surface area contributed by atoms with Crippen LogP contribution in [0.5, 0.6) is 5.75 Å². The number of benzene rings is 3. The molecule has 1 unspecified atom stereocenters. The van der Waals surface area contributed by atoms with Crippen molar-refractivity contribution < 1.29 is 45.7 Å². The first-order chi connectivity index (χ1) is 16.8. The fourth-order valence-electron chi connectivity index (χ4n) is 3.40. The van der Waals surface area contributed by atoms with Gasteiger partial charge in [0.15, 0.2) is 11.8 Å². The van der Waals surface area contributed by atoms with Crippen molar-refractivity contribution in [3.63, 3.8) is 0 Å². The normalized spacial score (nSPS) is 16.3. The lowest BCUT2D eigenvalue weighted by molar-refractivity contribution is -0.130. The van der Waals surface area contributed by atoms with E-state index in [2.05, 4.69) is 16.0 Å². The molecule has 6 N–H and O–H groups in total. The van der Waals surface area contributed by atoms with Crippen LogP contribution in [0.3, 0.4) is 0 Å². The lowest BCUT2D eigenvalue weighted by atomic mass is 10.1. The monoisotopic (exact) mass is 536 g/mol. The number of hydrogen-bond acceptors (Lipinski definition) is 10. The van der Waals surface area contributed by atoms with Gasteiger partial charge in [0, 0.05) is 17.1 Å². The van der Waals surface area contributed by atoms with Crippen molar-refractivity contribution in [1.82, 2.24) is 5.43 Å². The summed E-state index contributed by atoms with van der Waals surface area (Å²) >= 11 is 0. The van der Waals surface area contributed by atoms with E-state index in [0.717, 1.165) is 41.4 Å². The van der Waals surface area contributed by atoms with Crippen LogP contribution in [-0.2, 0) is 29.8 Å². The second-order valence-electron chi connectivity index (χ2n) is 7.47. The molecule has 1 aliphatic rings. The Morgan fingerprint density at radius 3 is 2.14 bits per heavy atom. The number of hydrogen-bond donors (Lipinski definition) is 6. The molecule has 0 saturated carbocycles. The highest BCUT2D eigenvalue weighted by molar-refractivity contribution is 7.86. The fraction of sp³-hybridized carbons (Fsp3) is 0.0500. The van der Waals surface area contributed by atoms with E-state index in [9.17, 15) is 41.2 Å². The number of phenols is 1. The van der Waals surface area contributed by atoms with Crippen LogP contribution < -0.4 is 15.9 Å². The van der Waals surface area contributed by atoms with Gasteiger partial charge < -0.3 is 15.6 Å². The van der Waals surface area contributed by atoms with Gasteiger partial charge in [-0.1, -0.05) is 0 Å². The second-order valence-corrected chi connectivity index (χ2v) is 10.3. The molecule has 0 bridgehead atoms. The molecule has 14 nitrogen and oxygen atoms in total. The SMILES string of the molecule is O=C(O)C1=NN(c2ccc(S(=O)(=O)O)cc2)C(=O)C1NNc1ccc2c(O)cc(S(=O)(=O)O)cc2c1. The van der Waals surface area contributed by atoms with Gasteiger partial charge in [-0.3, -0.25) is 13.9 Å². The average Bonchev–Trinajstić information content (AvgIpc) is 3.12. The van der Waals surface area contributed by atoms with Gasteiger partial charge in [-0.2, -0.15) is 26.9 Å². The number of fused-ring (bicyclic) bond motifs is 1. The molecule has 0 saturated heterocycles. The molecule has 1 atom stereocenters. The third-order valence-electron chi connectivity index (χ3n) is 5.10. The number of nitrogens with zero attached hydrogens (tertiary/aromatic N) is 2. The number of carbonyl (C=O) groups excluding carboxylic acids is 1. The van der Waals surface area contributed by atoms with E-state index in [0.29, 0.717) is 0 Å². The summed E-state index contributed by atoms with van der Waals surface area (Å²) in [6, 6.07) is 9.09. The molecule has 1 heterocycles. The number of anilines is 2. The van der Waals surface area contributed by atoms with Crippen LogP contribution in [0.1, 0.15) is 0 Å². The summed E-state index contributed by atoms with van der Waals surface area (Å²) < 4.78 is 63.6. The Hall–Kier alpha value is -4.09. The molecule has 0 radical (unpaired) electrons. The largest absolute Gasteiger partial charge is 0.507 e.